The van der Waals surface area contributed by atoms with Gasteiger partial charge in [-0.05, 0) is 31.2 Å². The van der Waals surface area contributed by atoms with Gasteiger partial charge < -0.3 is 5.73 Å². The zero-order valence-electron chi connectivity index (χ0n) is 10.8. The molecule has 0 unspecified atom stereocenters. The Morgan fingerprint density at radius 1 is 1.10 bits per heavy atom. The number of rotatable bonds is 2. The maximum absolute atomic E-state index is 13.2. The van der Waals surface area contributed by atoms with E-state index in [1.807, 2.05) is 13.0 Å². The van der Waals surface area contributed by atoms with E-state index in [0.29, 0.717) is 22.9 Å². The molecular weight excluding hydrogens is 257 g/mol. The van der Waals surface area contributed by atoms with Crippen LogP contribution in [0.5, 0.6) is 0 Å². The van der Waals surface area contributed by atoms with Gasteiger partial charge in [-0.3, -0.25) is 0 Å². The quantitative estimate of drug-likeness (QED) is 0.775. The molecule has 0 atom stereocenters. The topological polar surface area (TPSA) is 69.6 Å². The van der Waals surface area contributed by atoms with Gasteiger partial charge in [0, 0.05) is 11.6 Å². The van der Waals surface area contributed by atoms with Crippen molar-refractivity contribution in [3.05, 3.63) is 54.0 Å². The van der Waals surface area contributed by atoms with Crippen LogP contribution in [0, 0.1) is 12.7 Å². The van der Waals surface area contributed by atoms with Crippen LogP contribution in [0.15, 0.2) is 42.5 Å². The lowest BCUT2D eigenvalue weighted by atomic mass is 10.1. The highest BCUT2D eigenvalue weighted by molar-refractivity contribution is 5.63. The zero-order valence-corrected chi connectivity index (χ0v) is 10.8. The Morgan fingerprint density at radius 3 is 2.65 bits per heavy atom. The summed E-state index contributed by atoms with van der Waals surface area (Å²) in [6.45, 7) is 1.85. The van der Waals surface area contributed by atoms with Crippen LogP contribution < -0.4 is 5.73 Å². The van der Waals surface area contributed by atoms with Crippen LogP contribution in [0.25, 0.3) is 17.1 Å². The standard InChI is InChI=1S/C14H12FN5/c1-9-5-6-14(18-17-9)20-13(16)8-12(19-20)10-3-2-4-11(15)7-10/h2-8H,16H2,1H3. The summed E-state index contributed by atoms with van der Waals surface area (Å²) in [4.78, 5) is 0. The maximum atomic E-state index is 13.2. The van der Waals surface area contributed by atoms with Gasteiger partial charge in [-0.15, -0.1) is 5.10 Å². The zero-order chi connectivity index (χ0) is 14.1. The van der Waals surface area contributed by atoms with Crippen molar-refractivity contribution in [1.82, 2.24) is 20.0 Å². The summed E-state index contributed by atoms with van der Waals surface area (Å²) in [5, 5.41) is 12.3. The minimum absolute atomic E-state index is 0.314. The highest BCUT2D eigenvalue weighted by atomic mass is 19.1. The van der Waals surface area contributed by atoms with Gasteiger partial charge in [0.05, 0.1) is 11.4 Å². The van der Waals surface area contributed by atoms with E-state index in [9.17, 15) is 4.39 Å². The van der Waals surface area contributed by atoms with E-state index < -0.39 is 0 Å². The molecular formula is C14H12FN5. The van der Waals surface area contributed by atoms with Crippen molar-refractivity contribution in [2.75, 3.05) is 5.73 Å². The largest absolute Gasteiger partial charge is 0.384 e. The summed E-state index contributed by atoms with van der Waals surface area (Å²) < 4.78 is 14.7. The number of halogens is 1. The summed E-state index contributed by atoms with van der Waals surface area (Å²) >= 11 is 0. The summed E-state index contributed by atoms with van der Waals surface area (Å²) in [7, 11) is 0. The number of hydrogen-bond donors (Lipinski definition) is 1. The van der Waals surface area contributed by atoms with Crippen LogP contribution in [0.4, 0.5) is 10.2 Å². The minimum atomic E-state index is -0.314. The Bertz CT molecular complexity index is 749. The van der Waals surface area contributed by atoms with E-state index >= 15 is 0 Å². The van der Waals surface area contributed by atoms with Crippen molar-refractivity contribution in [2.45, 2.75) is 6.92 Å². The fraction of sp³-hybridized carbons (Fsp3) is 0.0714. The van der Waals surface area contributed by atoms with Gasteiger partial charge in [0.15, 0.2) is 5.82 Å². The lowest BCUT2D eigenvalue weighted by molar-refractivity contribution is 0.628. The van der Waals surface area contributed by atoms with Crippen LogP contribution in [-0.4, -0.2) is 20.0 Å². The average Bonchev–Trinajstić information content (AvgIpc) is 2.82. The second-order valence-electron chi connectivity index (χ2n) is 4.41. The molecule has 0 fully saturated rings. The van der Waals surface area contributed by atoms with Gasteiger partial charge in [-0.2, -0.15) is 14.9 Å². The normalized spacial score (nSPS) is 10.7. The van der Waals surface area contributed by atoms with Crippen molar-refractivity contribution in [3.8, 4) is 17.1 Å². The first-order chi connectivity index (χ1) is 9.63. The highest BCUT2D eigenvalue weighted by Crippen LogP contribution is 2.22. The molecule has 0 spiro atoms. The molecule has 0 bridgehead atoms. The Hall–Kier alpha value is -2.76. The summed E-state index contributed by atoms with van der Waals surface area (Å²) in [5.41, 5.74) is 7.99. The van der Waals surface area contributed by atoms with Gasteiger partial charge in [0.2, 0.25) is 0 Å². The number of nitrogens with two attached hydrogens (primary N) is 1. The average molecular weight is 269 g/mol. The van der Waals surface area contributed by atoms with Crippen molar-refractivity contribution < 1.29 is 4.39 Å². The van der Waals surface area contributed by atoms with E-state index in [1.165, 1.54) is 16.8 Å². The summed E-state index contributed by atoms with van der Waals surface area (Å²) in [5.74, 6) is 0.629. The monoisotopic (exact) mass is 269 g/mol. The van der Waals surface area contributed by atoms with Crippen LogP contribution in [0.3, 0.4) is 0 Å². The predicted molar refractivity (Wildman–Crippen MR) is 73.7 cm³/mol. The van der Waals surface area contributed by atoms with Crippen molar-refractivity contribution >= 4 is 5.82 Å². The molecule has 0 aliphatic heterocycles. The number of anilines is 1. The first kappa shape index (κ1) is 12.3. The van der Waals surface area contributed by atoms with Crippen LogP contribution >= 0.6 is 0 Å². The molecule has 2 N–H and O–H groups in total. The van der Waals surface area contributed by atoms with E-state index in [0.717, 1.165) is 5.69 Å². The third-order valence-electron chi connectivity index (χ3n) is 2.86. The predicted octanol–water partition coefficient (Wildman–Crippen LogP) is 2.36. The maximum Gasteiger partial charge on any atom is 0.178 e. The van der Waals surface area contributed by atoms with Crippen molar-refractivity contribution in [3.63, 3.8) is 0 Å². The molecule has 1 aromatic carbocycles. The van der Waals surface area contributed by atoms with Crippen molar-refractivity contribution in [2.24, 2.45) is 0 Å². The Morgan fingerprint density at radius 2 is 1.95 bits per heavy atom. The molecule has 0 radical (unpaired) electrons. The molecule has 0 saturated heterocycles. The molecule has 5 nitrogen and oxygen atoms in total. The smallest absolute Gasteiger partial charge is 0.178 e. The van der Waals surface area contributed by atoms with Gasteiger partial charge in [0.25, 0.3) is 0 Å². The van der Waals surface area contributed by atoms with E-state index in [4.69, 9.17) is 5.73 Å². The first-order valence-corrected chi connectivity index (χ1v) is 6.06. The van der Waals surface area contributed by atoms with Crippen LogP contribution in [-0.2, 0) is 0 Å². The van der Waals surface area contributed by atoms with Gasteiger partial charge in [0.1, 0.15) is 11.6 Å². The lowest BCUT2D eigenvalue weighted by Gasteiger charge is -2.01. The number of aryl methyl sites for hydroxylation is 1. The Labute approximate surface area is 114 Å². The number of hydrogen-bond acceptors (Lipinski definition) is 4. The van der Waals surface area contributed by atoms with Gasteiger partial charge in [-0.1, -0.05) is 12.1 Å². The first-order valence-electron chi connectivity index (χ1n) is 6.06. The number of benzene rings is 1. The van der Waals surface area contributed by atoms with Crippen molar-refractivity contribution in [1.29, 1.82) is 0 Å². The summed E-state index contributed by atoms with van der Waals surface area (Å²) in [6, 6.07) is 11.5. The second-order valence-corrected chi connectivity index (χ2v) is 4.41. The highest BCUT2D eigenvalue weighted by Gasteiger charge is 2.10. The third-order valence-corrected chi connectivity index (χ3v) is 2.86. The van der Waals surface area contributed by atoms with E-state index in [1.54, 1.807) is 24.3 Å². The summed E-state index contributed by atoms with van der Waals surface area (Å²) in [6.07, 6.45) is 0. The molecule has 2 aromatic heterocycles. The van der Waals surface area contributed by atoms with Gasteiger partial charge >= 0.3 is 0 Å². The van der Waals surface area contributed by atoms with Crippen LogP contribution in [0.2, 0.25) is 0 Å². The second kappa shape index (κ2) is 4.73. The SMILES string of the molecule is Cc1ccc(-n2nc(-c3cccc(F)c3)cc2N)nn1. The third kappa shape index (κ3) is 2.23. The number of nitrogen functional groups attached to an aromatic ring is 1. The fourth-order valence-electron chi connectivity index (χ4n) is 1.87. The van der Waals surface area contributed by atoms with Crippen LogP contribution in [0.1, 0.15) is 5.69 Å². The molecule has 3 aromatic rings. The minimum Gasteiger partial charge on any atom is -0.384 e. The molecule has 0 aliphatic carbocycles. The number of aromatic nitrogens is 4. The molecule has 0 aliphatic rings. The van der Waals surface area contributed by atoms with Gasteiger partial charge in [-0.25, -0.2) is 4.39 Å². The molecule has 0 amide bonds. The molecule has 100 valence electrons. The number of nitrogens with zero attached hydrogens (tertiary/aromatic N) is 4. The molecule has 6 heteroatoms. The van der Waals surface area contributed by atoms with E-state index in [-0.39, 0.29) is 5.82 Å². The Balaban J connectivity index is 2.05. The fourth-order valence-corrected chi connectivity index (χ4v) is 1.87. The van der Waals surface area contributed by atoms with E-state index in [2.05, 4.69) is 15.3 Å². The molecule has 2 heterocycles. The Kier molecular flexibility index (Phi) is 2.90. The molecule has 20 heavy (non-hydrogen) atoms. The molecule has 3 rings (SSSR count). The lowest BCUT2D eigenvalue weighted by Crippen LogP contribution is -2.05. The molecule has 0 saturated carbocycles.